The molecule has 0 saturated heterocycles. The van der Waals surface area contributed by atoms with E-state index in [9.17, 15) is 4.79 Å². The predicted octanol–water partition coefficient (Wildman–Crippen LogP) is 3.75. The molecule has 3 aromatic rings. The molecule has 2 aromatic carbocycles. The summed E-state index contributed by atoms with van der Waals surface area (Å²) in [4.78, 5) is 12.1. The van der Waals surface area contributed by atoms with Crippen LogP contribution in [0.1, 0.15) is 12.0 Å². The maximum Gasteiger partial charge on any atom is 0.225 e. The van der Waals surface area contributed by atoms with Crippen molar-refractivity contribution in [3.05, 3.63) is 59.1 Å². The van der Waals surface area contributed by atoms with E-state index in [1.165, 1.54) is 11.8 Å². The van der Waals surface area contributed by atoms with E-state index in [-0.39, 0.29) is 5.91 Å². The summed E-state index contributed by atoms with van der Waals surface area (Å²) in [5, 5.41) is 15.9. The number of aromatic nitrogens is 4. The molecule has 25 heavy (non-hydrogen) atoms. The lowest BCUT2D eigenvalue weighted by Crippen LogP contribution is -2.13. The van der Waals surface area contributed by atoms with Crippen molar-refractivity contribution in [2.45, 2.75) is 18.5 Å². The molecule has 0 atom stereocenters. The molecule has 6 nitrogen and oxygen atoms in total. The maximum absolute atomic E-state index is 12.1. The molecule has 0 aliphatic carbocycles. The molecule has 3 rings (SSSR count). The van der Waals surface area contributed by atoms with Crippen molar-refractivity contribution in [2.75, 3.05) is 11.1 Å². The number of carbonyl (C=O) groups is 1. The Bertz CT molecular complexity index is 868. The first-order valence-electron chi connectivity index (χ1n) is 7.66. The first-order valence-corrected chi connectivity index (χ1v) is 9.03. The van der Waals surface area contributed by atoms with Gasteiger partial charge in [-0.05, 0) is 47.2 Å². The van der Waals surface area contributed by atoms with E-state index in [2.05, 4.69) is 20.8 Å². The molecule has 1 heterocycles. The Morgan fingerprint density at radius 3 is 2.80 bits per heavy atom. The second kappa shape index (κ2) is 8.13. The number of thioether (sulfide) groups is 1. The Balaban J connectivity index is 1.56. The van der Waals surface area contributed by atoms with Gasteiger partial charge in [0.2, 0.25) is 11.1 Å². The third kappa shape index (κ3) is 4.37. The topological polar surface area (TPSA) is 72.7 Å². The summed E-state index contributed by atoms with van der Waals surface area (Å²) in [6, 6.07) is 15.1. The van der Waals surface area contributed by atoms with Gasteiger partial charge >= 0.3 is 0 Å². The summed E-state index contributed by atoms with van der Waals surface area (Å²) < 4.78 is 1.66. The lowest BCUT2D eigenvalue weighted by molar-refractivity contribution is -0.115. The van der Waals surface area contributed by atoms with E-state index in [0.717, 1.165) is 16.9 Å². The standard InChI is InChI=1S/C17H16ClN5OS/c1-12-14(18)8-5-9-15(12)19-16(24)10-11-25-17-20-21-22-23(17)13-6-3-2-4-7-13/h2-9H,10-11H2,1H3,(H,19,24). The number of carbonyl (C=O) groups excluding carboxylic acids is 1. The number of tetrazole rings is 1. The Morgan fingerprint density at radius 2 is 2.00 bits per heavy atom. The normalized spacial score (nSPS) is 10.6. The summed E-state index contributed by atoms with van der Waals surface area (Å²) in [5.41, 5.74) is 2.48. The summed E-state index contributed by atoms with van der Waals surface area (Å²) in [6.07, 6.45) is 0.346. The number of hydrogen-bond acceptors (Lipinski definition) is 5. The number of para-hydroxylation sites is 1. The van der Waals surface area contributed by atoms with Crippen molar-refractivity contribution in [2.24, 2.45) is 0 Å². The number of benzene rings is 2. The third-order valence-corrected chi connectivity index (χ3v) is 4.87. The minimum Gasteiger partial charge on any atom is -0.326 e. The molecule has 1 aromatic heterocycles. The smallest absolute Gasteiger partial charge is 0.225 e. The van der Waals surface area contributed by atoms with Gasteiger partial charge in [0.15, 0.2) is 0 Å². The van der Waals surface area contributed by atoms with Crippen LogP contribution < -0.4 is 5.32 Å². The fourth-order valence-electron chi connectivity index (χ4n) is 2.19. The Labute approximate surface area is 154 Å². The molecule has 128 valence electrons. The van der Waals surface area contributed by atoms with Gasteiger partial charge in [0.25, 0.3) is 0 Å². The lowest BCUT2D eigenvalue weighted by Gasteiger charge is -2.09. The Morgan fingerprint density at radius 1 is 1.20 bits per heavy atom. The van der Waals surface area contributed by atoms with E-state index >= 15 is 0 Å². The molecule has 8 heteroatoms. The third-order valence-electron chi connectivity index (χ3n) is 3.54. The molecule has 0 aliphatic heterocycles. The molecule has 0 aliphatic rings. The summed E-state index contributed by atoms with van der Waals surface area (Å²) in [5.74, 6) is 0.496. The number of halogens is 1. The van der Waals surface area contributed by atoms with Crippen molar-refractivity contribution >= 4 is 35.0 Å². The number of nitrogens with one attached hydrogen (secondary N) is 1. The second-order valence-corrected chi connectivity index (χ2v) is 6.74. The fourth-order valence-corrected chi connectivity index (χ4v) is 3.19. The maximum atomic E-state index is 12.1. The van der Waals surface area contributed by atoms with Crippen LogP contribution in [-0.4, -0.2) is 31.9 Å². The highest BCUT2D eigenvalue weighted by Crippen LogP contribution is 2.23. The van der Waals surface area contributed by atoms with Crippen molar-refractivity contribution in [3.63, 3.8) is 0 Å². The number of amides is 1. The van der Waals surface area contributed by atoms with Crippen molar-refractivity contribution in [1.29, 1.82) is 0 Å². The van der Waals surface area contributed by atoms with E-state index in [4.69, 9.17) is 11.6 Å². The van der Waals surface area contributed by atoms with Gasteiger partial charge in [0.05, 0.1) is 5.69 Å². The van der Waals surface area contributed by atoms with E-state index in [1.807, 2.05) is 49.4 Å². The lowest BCUT2D eigenvalue weighted by atomic mass is 10.2. The number of anilines is 1. The molecule has 1 N–H and O–H groups in total. The van der Waals surface area contributed by atoms with Gasteiger partial charge in [-0.15, -0.1) is 5.10 Å². The largest absolute Gasteiger partial charge is 0.326 e. The van der Waals surface area contributed by atoms with Gasteiger partial charge in [0, 0.05) is 22.9 Å². The molecule has 0 radical (unpaired) electrons. The van der Waals surface area contributed by atoms with Gasteiger partial charge < -0.3 is 5.32 Å². The molecule has 0 unspecified atom stereocenters. The highest BCUT2D eigenvalue weighted by Gasteiger charge is 2.11. The van der Waals surface area contributed by atoms with Crippen LogP contribution in [-0.2, 0) is 4.79 Å². The minimum atomic E-state index is -0.0726. The van der Waals surface area contributed by atoms with Crippen LogP contribution in [0.15, 0.2) is 53.7 Å². The molecular formula is C17H16ClN5OS. The van der Waals surface area contributed by atoms with Gasteiger partial charge in [0.1, 0.15) is 0 Å². The van der Waals surface area contributed by atoms with Crippen LogP contribution in [0.3, 0.4) is 0 Å². The summed E-state index contributed by atoms with van der Waals surface area (Å²) >= 11 is 7.50. The SMILES string of the molecule is Cc1c(Cl)cccc1NC(=O)CCSc1nnnn1-c1ccccc1. The minimum absolute atomic E-state index is 0.0726. The van der Waals surface area contributed by atoms with Crippen LogP contribution in [0, 0.1) is 6.92 Å². The average Bonchev–Trinajstić information content (AvgIpc) is 3.08. The predicted molar refractivity (Wildman–Crippen MR) is 99.3 cm³/mol. The van der Waals surface area contributed by atoms with Crippen molar-refractivity contribution < 1.29 is 4.79 Å². The van der Waals surface area contributed by atoms with E-state index < -0.39 is 0 Å². The van der Waals surface area contributed by atoms with E-state index in [1.54, 1.807) is 10.7 Å². The Kier molecular flexibility index (Phi) is 5.67. The Hall–Kier alpha value is -2.38. The van der Waals surface area contributed by atoms with Gasteiger partial charge in [-0.3, -0.25) is 4.79 Å². The van der Waals surface area contributed by atoms with Gasteiger partial charge in [-0.2, -0.15) is 4.68 Å². The summed E-state index contributed by atoms with van der Waals surface area (Å²) in [7, 11) is 0. The quantitative estimate of drug-likeness (QED) is 0.666. The van der Waals surface area contributed by atoms with Crippen LogP contribution >= 0.6 is 23.4 Å². The zero-order valence-corrected chi connectivity index (χ0v) is 15.1. The van der Waals surface area contributed by atoms with Crippen molar-refractivity contribution in [3.8, 4) is 5.69 Å². The van der Waals surface area contributed by atoms with Gasteiger partial charge in [-0.25, -0.2) is 0 Å². The highest BCUT2D eigenvalue weighted by molar-refractivity contribution is 7.99. The van der Waals surface area contributed by atoms with Crippen LogP contribution in [0.2, 0.25) is 5.02 Å². The first-order chi connectivity index (χ1) is 12.1. The number of nitrogens with zero attached hydrogens (tertiary/aromatic N) is 4. The van der Waals surface area contributed by atoms with Crippen molar-refractivity contribution in [1.82, 2.24) is 20.2 Å². The average molecular weight is 374 g/mol. The monoisotopic (exact) mass is 373 g/mol. The molecule has 0 spiro atoms. The summed E-state index contributed by atoms with van der Waals surface area (Å²) in [6.45, 7) is 1.88. The molecule has 0 fully saturated rings. The zero-order chi connectivity index (χ0) is 17.6. The van der Waals surface area contributed by atoms with Crippen LogP contribution in [0.25, 0.3) is 5.69 Å². The van der Waals surface area contributed by atoms with Crippen LogP contribution in [0.5, 0.6) is 0 Å². The second-order valence-electron chi connectivity index (χ2n) is 5.27. The highest BCUT2D eigenvalue weighted by atomic mass is 35.5. The molecule has 0 bridgehead atoms. The van der Waals surface area contributed by atoms with Crippen LogP contribution in [0.4, 0.5) is 5.69 Å². The molecule has 0 saturated carbocycles. The fraction of sp³-hybridized carbons (Fsp3) is 0.176. The molecular weight excluding hydrogens is 358 g/mol. The molecule has 1 amide bonds. The van der Waals surface area contributed by atoms with Gasteiger partial charge in [-0.1, -0.05) is 47.6 Å². The first kappa shape index (κ1) is 17.4. The zero-order valence-electron chi connectivity index (χ0n) is 13.5. The number of rotatable bonds is 6. The van der Waals surface area contributed by atoms with E-state index in [0.29, 0.717) is 22.4 Å². The number of hydrogen-bond donors (Lipinski definition) is 1.